The molecule has 0 saturated heterocycles. The number of nitrogens with zero attached hydrogens (tertiary/aromatic N) is 4. The van der Waals surface area contributed by atoms with Gasteiger partial charge >= 0.3 is 6.09 Å². The number of hydrogen-bond acceptors (Lipinski definition) is 6. The fourth-order valence-corrected chi connectivity index (χ4v) is 4.33. The van der Waals surface area contributed by atoms with E-state index in [1.54, 1.807) is 20.8 Å². The minimum Gasteiger partial charge on any atom is -0.444 e. The Labute approximate surface area is 190 Å². The number of aromatic nitrogens is 3. The predicted octanol–water partition coefficient (Wildman–Crippen LogP) is 4.26. The Balaban J connectivity index is 2.09. The van der Waals surface area contributed by atoms with E-state index >= 15 is 0 Å². The smallest absolute Gasteiger partial charge is 0.410 e. The second kappa shape index (κ2) is 8.87. The van der Waals surface area contributed by atoms with Crippen LogP contribution in [0.5, 0.6) is 0 Å². The normalized spacial score (nSPS) is 11.9. The molecule has 0 N–H and O–H groups in total. The van der Waals surface area contributed by atoms with Gasteiger partial charge < -0.3 is 9.64 Å². The Bertz CT molecular complexity index is 1240. The molecule has 1 amide bonds. The van der Waals surface area contributed by atoms with Crippen LogP contribution in [0.3, 0.4) is 0 Å². The van der Waals surface area contributed by atoms with Gasteiger partial charge in [-0.05, 0) is 45.0 Å². The first kappa shape index (κ1) is 23.7. The Morgan fingerprint density at radius 1 is 1.25 bits per heavy atom. The van der Waals surface area contributed by atoms with Gasteiger partial charge in [0.2, 0.25) is 9.84 Å². The van der Waals surface area contributed by atoms with E-state index in [2.05, 4.69) is 10.1 Å². The number of carbonyl (C=O) groups is 1. The van der Waals surface area contributed by atoms with Crippen LogP contribution in [-0.2, 0) is 21.1 Å². The standard InChI is InChI=1S/C21H22ClFN4O4S/c1-21(2,3)31-20(28)26(4)13-15-11-19(32(29,30)16-6-5-9-24-12-16)27(25-15)18-10-14(23)7-8-17(18)22/h5-12H,13H2,1-4H3. The van der Waals surface area contributed by atoms with Crippen LogP contribution in [0.2, 0.25) is 5.02 Å². The van der Waals surface area contributed by atoms with Crippen molar-refractivity contribution in [2.24, 2.45) is 0 Å². The molecule has 1 aromatic carbocycles. The number of pyridine rings is 1. The molecule has 0 aliphatic rings. The van der Waals surface area contributed by atoms with Crippen molar-refractivity contribution in [2.45, 2.75) is 42.8 Å². The Morgan fingerprint density at radius 3 is 2.59 bits per heavy atom. The van der Waals surface area contributed by atoms with Crippen LogP contribution in [0, 0.1) is 5.82 Å². The van der Waals surface area contributed by atoms with E-state index in [0.717, 1.165) is 16.8 Å². The van der Waals surface area contributed by atoms with Gasteiger partial charge in [-0.25, -0.2) is 22.3 Å². The highest BCUT2D eigenvalue weighted by molar-refractivity contribution is 7.91. The summed E-state index contributed by atoms with van der Waals surface area (Å²) in [4.78, 5) is 17.4. The molecule has 0 fully saturated rings. The summed E-state index contributed by atoms with van der Waals surface area (Å²) < 4.78 is 46.9. The molecule has 0 unspecified atom stereocenters. The van der Waals surface area contributed by atoms with Crippen LogP contribution in [-0.4, -0.2) is 46.8 Å². The van der Waals surface area contributed by atoms with Gasteiger partial charge in [-0.1, -0.05) is 11.6 Å². The first-order valence-electron chi connectivity index (χ1n) is 9.52. The summed E-state index contributed by atoms with van der Waals surface area (Å²) in [5, 5.41) is 4.17. The fraction of sp³-hybridized carbons (Fsp3) is 0.286. The number of amides is 1. The number of benzene rings is 1. The third-order valence-corrected chi connectivity index (χ3v) is 6.21. The molecular formula is C21H22ClFN4O4S. The Morgan fingerprint density at radius 2 is 1.97 bits per heavy atom. The zero-order valence-corrected chi connectivity index (χ0v) is 19.5. The van der Waals surface area contributed by atoms with Gasteiger partial charge in [0, 0.05) is 31.6 Å². The summed E-state index contributed by atoms with van der Waals surface area (Å²) >= 11 is 6.22. The zero-order chi connectivity index (χ0) is 23.7. The van der Waals surface area contributed by atoms with Crippen molar-refractivity contribution in [3.63, 3.8) is 0 Å². The first-order chi connectivity index (χ1) is 14.9. The lowest BCUT2D eigenvalue weighted by Crippen LogP contribution is -2.33. The molecule has 0 bridgehead atoms. The molecule has 2 aromatic heterocycles. The Kier molecular flexibility index (Phi) is 6.56. The third-order valence-electron chi connectivity index (χ3n) is 4.19. The molecule has 32 heavy (non-hydrogen) atoms. The number of halogens is 2. The maximum absolute atomic E-state index is 13.9. The molecule has 0 spiro atoms. The number of carbonyl (C=O) groups excluding carboxylic acids is 1. The average Bonchev–Trinajstić information content (AvgIpc) is 3.13. The maximum Gasteiger partial charge on any atom is 0.410 e. The van der Waals surface area contributed by atoms with Crippen LogP contribution < -0.4 is 0 Å². The summed E-state index contributed by atoms with van der Waals surface area (Å²) in [5.74, 6) is -0.614. The number of ether oxygens (including phenoxy) is 1. The van der Waals surface area contributed by atoms with Crippen molar-refractivity contribution in [2.75, 3.05) is 7.05 Å². The molecule has 170 valence electrons. The molecule has 0 atom stereocenters. The third kappa shape index (κ3) is 5.25. The average molecular weight is 481 g/mol. The van der Waals surface area contributed by atoms with Crippen LogP contribution in [0.15, 0.2) is 58.7 Å². The lowest BCUT2D eigenvalue weighted by molar-refractivity contribution is 0.0283. The lowest BCUT2D eigenvalue weighted by Gasteiger charge is -2.24. The maximum atomic E-state index is 13.9. The SMILES string of the molecule is CN(Cc1cc(S(=O)(=O)c2cccnc2)n(-c2cc(F)ccc2Cl)n1)C(=O)OC(C)(C)C. The topological polar surface area (TPSA) is 94.4 Å². The van der Waals surface area contributed by atoms with E-state index in [0.29, 0.717) is 0 Å². The van der Waals surface area contributed by atoms with E-state index in [-0.39, 0.29) is 32.9 Å². The molecule has 3 rings (SSSR count). The zero-order valence-electron chi connectivity index (χ0n) is 17.9. The van der Waals surface area contributed by atoms with Crippen molar-refractivity contribution in [3.05, 3.63) is 65.3 Å². The predicted molar refractivity (Wildman–Crippen MR) is 116 cm³/mol. The van der Waals surface area contributed by atoms with E-state index in [1.165, 1.54) is 48.6 Å². The van der Waals surface area contributed by atoms with Gasteiger partial charge in [0.05, 0.1) is 27.8 Å². The first-order valence-corrected chi connectivity index (χ1v) is 11.4. The minimum absolute atomic E-state index is 0.0419. The van der Waals surface area contributed by atoms with E-state index in [4.69, 9.17) is 16.3 Å². The van der Waals surface area contributed by atoms with Crippen molar-refractivity contribution in [3.8, 4) is 5.69 Å². The number of sulfone groups is 1. The number of rotatable bonds is 5. The highest BCUT2D eigenvalue weighted by Gasteiger charge is 2.28. The highest BCUT2D eigenvalue weighted by Crippen LogP contribution is 2.28. The molecule has 0 aliphatic carbocycles. The van der Waals surface area contributed by atoms with Gasteiger partial charge in [-0.3, -0.25) is 4.98 Å². The summed E-state index contributed by atoms with van der Waals surface area (Å²) in [6.45, 7) is 5.15. The molecule has 3 aromatic rings. The van der Waals surface area contributed by atoms with E-state index in [9.17, 15) is 17.6 Å². The molecule has 2 heterocycles. The molecule has 0 saturated carbocycles. The van der Waals surface area contributed by atoms with Gasteiger partial charge in [0.15, 0.2) is 5.03 Å². The van der Waals surface area contributed by atoms with Crippen molar-refractivity contribution >= 4 is 27.5 Å². The largest absolute Gasteiger partial charge is 0.444 e. The summed E-state index contributed by atoms with van der Waals surface area (Å²) in [6, 6.07) is 7.73. The fourth-order valence-electron chi connectivity index (χ4n) is 2.77. The quantitative estimate of drug-likeness (QED) is 0.541. The highest BCUT2D eigenvalue weighted by atomic mass is 35.5. The van der Waals surface area contributed by atoms with E-state index < -0.39 is 27.3 Å². The summed E-state index contributed by atoms with van der Waals surface area (Å²) in [6.07, 6.45) is 2.04. The van der Waals surface area contributed by atoms with Crippen molar-refractivity contribution < 1.29 is 22.3 Å². The van der Waals surface area contributed by atoms with Gasteiger partial charge in [0.25, 0.3) is 0 Å². The van der Waals surface area contributed by atoms with Crippen LogP contribution in [0.4, 0.5) is 9.18 Å². The van der Waals surface area contributed by atoms with Gasteiger partial charge in [-0.2, -0.15) is 5.10 Å². The van der Waals surface area contributed by atoms with Crippen molar-refractivity contribution in [1.29, 1.82) is 0 Å². The van der Waals surface area contributed by atoms with Crippen LogP contribution in [0.1, 0.15) is 26.5 Å². The molecule has 0 radical (unpaired) electrons. The second-order valence-electron chi connectivity index (χ2n) is 8.01. The van der Waals surface area contributed by atoms with Crippen molar-refractivity contribution in [1.82, 2.24) is 19.7 Å². The van der Waals surface area contributed by atoms with Gasteiger partial charge in [-0.15, -0.1) is 0 Å². The van der Waals surface area contributed by atoms with Gasteiger partial charge in [0.1, 0.15) is 11.4 Å². The molecule has 0 aliphatic heterocycles. The Hall–Kier alpha value is -2.98. The summed E-state index contributed by atoms with van der Waals surface area (Å²) in [5.41, 5.74) is -0.421. The molecule has 8 nitrogen and oxygen atoms in total. The van der Waals surface area contributed by atoms with Crippen LogP contribution >= 0.6 is 11.6 Å². The number of hydrogen-bond donors (Lipinski definition) is 0. The molecule has 11 heteroatoms. The second-order valence-corrected chi connectivity index (χ2v) is 10.3. The van der Waals surface area contributed by atoms with E-state index in [1.807, 2.05) is 0 Å². The molecular weight excluding hydrogens is 459 g/mol. The summed E-state index contributed by atoms with van der Waals surface area (Å²) in [7, 11) is -2.59. The van der Waals surface area contributed by atoms with Crippen LogP contribution in [0.25, 0.3) is 5.69 Å². The minimum atomic E-state index is -4.09. The lowest BCUT2D eigenvalue weighted by atomic mass is 10.2. The monoisotopic (exact) mass is 480 g/mol.